The Labute approximate surface area is 249 Å². The fraction of sp³-hybridized carbons (Fsp3) is 0.586. The van der Waals surface area contributed by atoms with Gasteiger partial charge in [-0.25, -0.2) is 24.5 Å². The van der Waals surface area contributed by atoms with Crippen LogP contribution in [0.3, 0.4) is 0 Å². The first-order valence-corrected chi connectivity index (χ1v) is 14.7. The van der Waals surface area contributed by atoms with Gasteiger partial charge in [0.2, 0.25) is 0 Å². The predicted octanol–water partition coefficient (Wildman–Crippen LogP) is 5.94. The number of aromatic nitrogens is 2. The summed E-state index contributed by atoms with van der Waals surface area (Å²) >= 11 is 3.61. The lowest BCUT2D eigenvalue weighted by Crippen LogP contribution is -2.50. The maximum Gasteiger partial charge on any atom is 0.420 e. The minimum atomic E-state index is -0.743. The molecule has 0 saturated carbocycles. The van der Waals surface area contributed by atoms with Crippen molar-refractivity contribution in [2.75, 3.05) is 49.2 Å². The monoisotopic (exact) mass is 631 g/mol. The van der Waals surface area contributed by atoms with Crippen LogP contribution in [0.4, 0.5) is 26.8 Å². The van der Waals surface area contributed by atoms with E-state index in [0.717, 1.165) is 11.3 Å². The molecule has 0 spiro atoms. The summed E-state index contributed by atoms with van der Waals surface area (Å²) in [5.74, 6) is 0.821. The lowest BCUT2D eigenvalue weighted by Gasteiger charge is -2.39. The van der Waals surface area contributed by atoms with E-state index in [1.807, 2.05) is 60.6 Å². The van der Waals surface area contributed by atoms with Crippen LogP contribution in [0.1, 0.15) is 71.7 Å². The van der Waals surface area contributed by atoms with E-state index in [9.17, 15) is 9.59 Å². The number of fused-ring (bicyclic) bond motifs is 2. The molecular formula is C29H38BrN5O6. The fourth-order valence-electron chi connectivity index (χ4n) is 5.08. The standard InChI is InChI=1S/C29H38BrN5O6/c1-17-22-20(33-10-12-38-13-11-33)8-9-31-25(22)35(27(37)41-29(5,6)7)21-14-19(32-24(30)23(21)39-17)18-15-34(16-18)26(36)40-28(2,3)4/h8-9,14,17-18H,10-13,15-16H2,1-7H3. The summed E-state index contributed by atoms with van der Waals surface area (Å²) in [5, 5.41) is 0. The van der Waals surface area contributed by atoms with E-state index < -0.39 is 23.4 Å². The Balaban J connectivity index is 1.56. The molecule has 2 amide bonds. The smallest absolute Gasteiger partial charge is 0.420 e. The molecule has 41 heavy (non-hydrogen) atoms. The maximum atomic E-state index is 13.9. The average molecular weight is 633 g/mol. The summed E-state index contributed by atoms with van der Waals surface area (Å²) in [6.45, 7) is 16.5. The van der Waals surface area contributed by atoms with E-state index in [1.54, 1.807) is 11.1 Å². The van der Waals surface area contributed by atoms with Crippen molar-refractivity contribution in [3.8, 4) is 5.75 Å². The van der Waals surface area contributed by atoms with Gasteiger partial charge in [-0.1, -0.05) is 0 Å². The molecule has 12 heteroatoms. The van der Waals surface area contributed by atoms with Gasteiger partial charge in [0.25, 0.3) is 0 Å². The Morgan fingerprint density at radius 3 is 2.27 bits per heavy atom. The first-order valence-electron chi connectivity index (χ1n) is 13.9. The van der Waals surface area contributed by atoms with Crippen molar-refractivity contribution in [3.05, 3.63) is 34.2 Å². The van der Waals surface area contributed by atoms with Gasteiger partial charge in [-0.2, -0.15) is 0 Å². The molecule has 222 valence electrons. The van der Waals surface area contributed by atoms with Crippen LogP contribution in [0.2, 0.25) is 0 Å². The van der Waals surface area contributed by atoms with Gasteiger partial charge in [0, 0.05) is 44.0 Å². The second-order valence-corrected chi connectivity index (χ2v) is 13.3. The molecular weight excluding hydrogens is 594 g/mol. The first-order chi connectivity index (χ1) is 19.2. The number of amides is 2. The number of rotatable bonds is 2. The largest absolute Gasteiger partial charge is 0.481 e. The van der Waals surface area contributed by atoms with Crippen molar-refractivity contribution in [1.29, 1.82) is 0 Å². The van der Waals surface area contributed by atoms with E-state index in [1.165, 1.54) is 4.90 Å². The third-order valence-corrected chi connectivity index (χ3v) is 7.45. The number of likely N-dealkylation sites (tertiary alicyclic amines) is 1. The number of hydrogen-bond donors (Lipinski definition) is 0. The molecule has 0 aromatic carbocycles. The minimum absolute atomic E-state index is 0.0441. The van der Waals surface area contributed by atoms with Crippen LogP contribution in [0.5, 0.6) is 5.75 Å². The summed E-state index contributed by atoms with van der Waals surface area (Å²) in [4.78, 5) is 41.3. The Hall–Kier alpha value is -3.12. The van der Waals surface area contributed by atoms with Crippen molar-refractivity contribution in [2.24, 2.45) is 0 Å². The van der Waals surface area contributed by atoms with Crippen molar-refractivity contribution < 1.29 is 28.5 Å². The molecule has 11 nitrogen and oxygen atoms in total. The van der Waals surface area contributed by atoms with Crippen molar-refractivity contribution in [1.82, 2.24) is 14.9 Å². The SMILES string of the molecule is CC1Oc2c(cc(C3CN(C(=O)OC(C)(C)C)C3)nc2Br)N(C(=O)OC(C)(C)C)c2nccc(N3CCOCC3)c21. The molecule has 1 atom stereocenters. The molecule has 0 radical (unpaired) electrons. The number of nitrogens with zero attached hydrogens (tertiary/aromatic N) is 5. The molecule has 1 unspecified atom stereocenters. The Bertz CT molecular complexity index is 1330. The molecule has 2 aromatic rings. The van der Waals surface area contributed by atoms with Gasteiger partial charge in [0.05, 0.1) is 24.5 Å². The molecule has 0 aliphatic carbocycles. The second kappa shape index (κ2) is 10.9. The first kappa shape index (κ1) is 29.4. The average Bonchev–Trinajstić information content (AvgIpc) is 2.96. The van der Waals surface area contributed by atoms with Crippen molar-refractivity contribution in [3.63, 3.8) is 0 Å². The predicted molar refractivity (Wildman–Crippen MR) is 157 cm³/mol. The highest BCUT2D eigenvalue weighted by Gasteiger charge is 2.40. The number of carbonyl (C=O) groups excluding carboxylic acids is 2. The van der Waals surface area contributed by atoms with E-state index in [0.29, 0.717) is 66.9 Å². The molecule has 3 aliphatic heterocycles. The van der Waals surface area contributed by atoms with Crippen LogP contribution in [-0.4, -0.2) is 77.6 Å². The molecule has 2 aromatic heterocycles. The van der Waals surface area contributed by atoms with E-state index >= 15 is 0 Å². The minimum Gasteiger partial charge on any atom is -0.481 e. The van der Waals surface area contributed by atoms with E-state index in [2.05, 4.69) is 20.8 Å². The summed E-state index contributed by atoms with van der Waals surface area (Å²) in [5.41, 5.74) is 1.59. The topological polar surface area (TPSA) is 107 Å². The normalized spacial score (nSPS) is 19.4. The molecule has 5 heterocycles. The number of carbonyl (C=O) groups is 2. The van der Waals surface area contributed by atoms with Gasteiger partial charge in [0.15, 0.2) is 16.2 Å². The lowest BCUT2D eigenvalue weighted by molar-refractivity contribution is 0.00784. The fourth-order valence-corrected chi connectivity index (χ4v) is 5.58. The Morgan fingerprint density at radius 1 is 1.00 bits per heavy atom. The highest BCUT2D eigenvalue weighted by Crippen LogP contribution is 2.49. The molecule has 2 saturated heterocycles. The van der Waals surface area contributed by atoms with Gasteiger partial charge in [-0.3, -0.25) is 0 Å². The highest BCUT2D eigenvalue weighted by atomic mass is 79.9. The summed E-state index contributed by atoms with van der Waals surface area (Å²) in [6.07, 6.45) is 0.333. The Kier molecular flexibility index (Phi) is 7.84. The zero-order chi connectivity index (χ0) is 29.7. The van der Waals surface area contributed by atoms with Gasteiger partial charge >= 0.3 is 12.2 Å². The lowest BCUT2D eigenvalue weighted by atomic mass is 9.95. The van der Waals surface area contributed by atoms with Crippen LogP contribution < -0.4 is 14.5 Å². The summed E-state index contributed by atoms with van der Waals surface area (Å²) in [7, 11) is 0. The van der Waals surface area contributed by atoms with E-state index in [4.69, 9.17) is 28.9 Å². The van der Waals surface area contributed by atoms with Crippen LogP contribution in [-0.2, 0) is 14.2 Å². The third-order valence-electron chi connectivity index (χ3n) is 6.91. The highest BCUT2D eigenvalue weighted by molar-refractivity contribution is 9.10. The number of ether oxygens (including phenoxy) is 4. The summed E-state index contributed by atoms with van der Waals surface area (Å²) < 4.78 is 24.0. The number of hydrogen-bond acceptors (Lipinski definition) is 9. The molecule has 2 fully saturated rings. The third kappa shape index (κ3) is 6.23. The summed E-state index contributed by atoms with van der Waals surface area (Å²) in [6, 6.07) is 3.79. The molecule has 3 aliphatic rings. The van der Waals surface area contributed by atoms with Gasteiger partial charge in [0.1, 0.15) is 23.0 Å². The number of anilines is 3. The van der Waals surface area contributed by atoms with Crippen LogP contribution in [0.15, 0.2) is 22.9 Å². The van der Waals surface area contributed by atoms with E-state index in [-0.39, 0.29) is 12.0 Å². The number of halogens is 1. The van der Waals surface area contributed by atoms with Crippen molar-refractivity contribution >= 4 is 45.3 Å². The van der Waals surface area contributed by atoms with Gasteiger partial charge < -0.3 is 28.7 Å². The number of pyridine rings is 2. The molecule has 0 N–H and O–H groups in total. The molecule has 5 rings (SSSR count). The van der Waals surface area contributed by atoms with Crippen LogP contribution in [0.25, 0.3) is 0 Å². The van der Waals surface area contributed by atoms with Crippen LogP contribution in [0, 0.1) is 0 Å². The van der Waals surface area contributed by atoms with Gasteiger partial charge in [-0.15, -0.1) is 0 Å². The molecule has 0 bridgehead atoms. The maximum absolute atomic E-state index is 13.9. The van der Waals surface area contributed by atoms with Gasteiger partial charge in [-0.05, 0) is 76.5 Å². The Morgan fingerprint density at radius 2 is 1.63 bits per heavy atom. The second-order valence-electron chi connectivity index (χ2n) is 12.5. The van der Waals surface area contributed by atoms with Crippen LogP contribution >= 0.6 is 15.9 Å². The number of morpholine rings is 1. The quantitative estimate of drug-likeness (QED) is 0.372. The zero-order valence-electron chi connectivity index (χ0n) is 24.7. The zero-order valence-corrected chi connectivity index (χ0v) is 26.3. The van der Waals surface area contributed by atoms with Crippen molar-refractivity contribution in [2.45, 2.75) is 71.7 Å².